The SMILES string of the molecule is CCC(CC)CN1CCC2(CCNC2)C1. The largest absolute Gasteiger partial charge is 0.316 e. The molecule has 0 aromatic heterocycles. The van der Waals surface area contributed by atoms with Crippen LogP contribution in [0.15, 0.2) is 0 Å². The average molecular weight is 210 g/mol. The molecule has 2 aliphatic rings. The molecular weight excluding hydrogens is 184 g/mol. The van der Waals surface area contributed by atoms with Crippen LogP contribution in [0.5, 0.6) is 0 Å². The number of hydrogen-bond acceptors (Lipinski definition) is 2. The Bertz CT molecular complexity index is 193. The zero-order valence-electron chi connectivity index (χ0n) is 10.4. The summed E-state index contributed by atoms with van der Waals surface area (Å²) in [5.74, 6) is 0.925. The standard InChI is InChI=1S/C13H26N2/c1-3-12(4-2)9-15-8-6-13(11-15)5-7-14-10-13/h12,14H,3-11H2,1-2H3. The molecule has 0 amide bonds. The summed E-state index contributed by atoms with van der Waals surface area (Å²) in [5, 5.41) is 3.53. The van der Waals surface area contributed by atoms with Crippen molar-refractivity contribution in [2.24, 2.45) is 11.3 Å². The lowest BCUT2D eigenvalue weighted by molar-refractivity contribution is 0.233. The van der Waals surface area contributed by atoms with E-state index < -0.39 is 0 Å². The molecule has 2 heterocycles. The van der Waals surface area contributed by atoms with E-state index in [1.165, 1.54) is 58.4 Å². The molecule has 1 spiro atoms. The number of rotatable bonds is 4. The molecule has 0 radical (unpaired) electrons. The van der Waals surface area contributed by atoms with Crippen molar-refractivity contribution in [3.8, 4) is 0 Å². The second-order valence-corrected chi connectivity index (χ2v) is 5.59. The molecule has 1 atom stereocenters. The summed E-state index contributed by atoms with van der Waals surface area (Å²) >= 11 is 0. The van der Waals surface area contributed by atoms with Gasteiger partial charge in [0.15, 0.2) is 0 Å². The number of hydrogen-bond donors (Lipinski definition) is 1. The van der Waals surface area contributed by atoms with Crippen molar-refractivity contribution < 1.29 is 0 Å². The van der Waals surface area contributed by atoms with Gasteiger partial charge in [-0.2, -0.15) is 0 Å². The molecular formula is C13H26N2. The minimum Gasteiger partial charge on any atom is -0.316 e. The van der Waals surface area contributed by atoms with E-state index in [-0.39, 0.29) is 0 Å². The Hall–Kier alpha value is -0.0800. The van der Waals surface area contributed by atoms with Gasteiger partial charge in [0.05, 0.1) is 0 Å². The summed E-state index contributed by atoms with van der Waals surface area (Å²) in [7, 11) is 0. The fourth-order valence-corrected chi connectivity index (χ4v) is 3.24. The van der Waals surface area contributed by atoms with Gasteiger partial charge in [0.2, 0.25) is 0 Å². The summed E-state index contributed by atoms with van der Waals surface area (Å²) in [6.45, 7) is 11.2. The molecule has 0 bridgehead atoms. The van der Waals surface area contributed by atoms with Crippen LogP contribution in [-0.2, 0) is 0 Å². The van der Waals surface area contributed by atoms with E-state index in [1.807, 2.05) is 0 Å². The lowest BCUT2D eigenvalue weighted by Crippen LogP contribution is -2.32. The highest BCUT2D eigenvalue weighted by Gasteiger charge is 2.40. The predicted octanol–water partition coefficient (Wildman–Crippen LogP) is 2.11. The van der Waals surface area contributed by atoms with Crippen LogP contribution in [-0.4, -0.2) is 37.6 Å². The van der Waals surface area contributed by atoms with E-state index in [1.54, 1.807) is 0 Å². The first-order valence-corrected chi connectivity index (χ1v) is 6.71. The Kier molecular flexibility index (Phi) is 3.68. The molecule has 0 aliphatic carbocycles. The third kappa shape index (κ3) is 2.54. The summed E-state index contributed by atoms with van der Waals surface area (Å²) in [5.41, 5.74) is 0.659. The lowest BCUT2D eigenvalue weighted by atomic mass is 9.86. The number of likely N-dealkylation sites (tertiary alicyclic amines) is 1. The van der Waals surface area contributed by atoms with Gasteiger partial charge in [0, 0.05) is 19.6 Å². The van der Waals surface area contributed by atoms with Crippen LogP contribution in [0, 0.1) is 11.3 Å². The second-order valence-electron chi connectivity index (χ2n) is 5.59. The zero-order valence-corrected chi connectivity index (χ0v) is 10.4. The van der Waals surface area contributed by atoms with Crippen molar-refractivity contribution in [3.63, 3.8) is 0 Å². The molecule has 0 aromatic rings. The molecule has 1 unspecified atom stereocenters. The van der Waals surface area contributed by atoms with E-state index in [9.17, 15) is 0 Å². The quantitative estimate of drug-likeness (QED) is 0.764. The Morgan fingerprint density at radius 3 is 2.67 bits per heavy atom. The van der Waals surface area contributed by atoms with Crippen LogP contribution in [0.1, 0.15) is 39.5 Å². The fraction of sp³-hybridized carbons (Fsp3) is 1.00. The molecule has 1 N–H and O–H groups in total. The highest BCUT2D eigenvalue weighted by atomic mass is 15.2. The van der Waals surface area contributed by atoms with Crippen LogP contribution in [0.25, 0.3) is 0 Å². The molecule has 2 nitrogen and oxygen atoms in total. The van der Waals surface area contributed by atoms with Gasteiger partial charge in [-0.15, -0.1) is 0 Å². The van der Waals surface area contributed by atoms with Gasteiger partial charge in [-0.1, -0.05) is 26.7 Å². The normalized spacial score (nSPS) is 32.2. The van der Waals surface area contributed by atoms with Gasteiger partial charge in [-0.25, -0.2) is 0 Å². The highest BCUT2D eigenvalue weighted by molar-refractivity contribution is 4.95. The summed E-state index contributed by atoms with van der Waals surface area (Å²) in [6, 6.07) is 0. The summed E-state index contributed by atoms with van der Waals surface area (Å²) in [6.07, 6.45) is 5.53. The Morgan fingerprint density at radius 1 is 1.27 bits per heavy atom. The fourth-order valence-electron chi connectivity index (χ4n) is 3.24. The third-order valence-corrected chi connectivity index (χ3v) is 4.52. The first-order valence-electron chi connectivity index (χ1n) is 6.71. The number of nitrogens with one attached hydrogen (secondary N) is 1. The number of nitrogens with zero attached hydrogens (tertiary/aromatic N) is 1. The molecule has 0 saturated carbocycles. The van der Waals surface area contributed by atoms with Gasteiger partial charge in [0.1, 0.15) is 0 Å². The minimum absolute atomic E-state index is 0.659. The van der Waals surface area contributed by atoms with E-state index in [4.69, 9.17) is 0 Å². The van der Waals surface area contributed by atoms with Crippen molar-refractivity contribution >= 4 is 0 Å². The maximum absolute atomic E-state index is 3.53. The predicted molar refractivity (Wildman–Crippen MR) is 65.0 cm³/mol. The molecule has 88 valence electrons. The maximum atomic E-state index is 3.53. The smallest absolute Gasteiger partial charge is 0.00512 e. The topological polar surface area (TPSA) is 15.3 Å². The van der Waals surface area contributed by atoms with E-state index in [0.717, 1.165) is 5.92 Å². The van der Waals surface area contributed by atoms with Gasteiger partial charge in [0.25, 0.3) is 0 Å². The van der Waals surface area contributed by atoms with Crippen molar-refractivity contribution in [1.82, 2.24) is 10.2 Å². The molecule has 2 heteroatoms. The van der Waals surface area contributed by atoms with Crippen LogP contribution >= 0.6 is 0 Å². The summed E-state index contributed by atoms with van der Waals surface area (Å²) in [4.78, 5) is 2.71. The third-order valence-electron chi connectivity index (χ3n) is 4.52. The van der Waals surface area contributed by atoms with Gasteiger partial charge >= 0.3 is 0 Å². The first kappa shape index (κ1) is 11.4. The van der Waals surface area contributed by atoms with E-state index in [2.05, 4.69) is 24.1 Å². The van der Waals surface area contributed by atoms with Crippen molar-refractivity contribution in [2.75, 3.05) is 32.7 Å². The van der Waals surface area contributed by atoms with Crippen molar-refractivity contribution in [1.29, 1.82) is 0 Å². The highest BCUT2D eigenvalue weighted by Crippen LogP contribution is 2.36. The average Bonchev–Trinajstić information content (AvgIpc) is 2.87. The van der Waals surface area contributed by atoms with Gasteiger partial charge in [-0.3, -0.25) is 0 Å². The Morgan fingerprint density at radius 2 is 2.07 bits per heavy atom. The minimum atomic E-state index is 0.659. The van der Waals surface area contributed by atoms with Gasteiger partial charge in [-0.05, 0) is 37.3 Å². The van der Waals surface area contributed by atoms with Crippen LogP contribution in [0.2, 0.25) is 0 Å². The molecule has 2 rings (SSSR count). The van der Waals surface area contributed by atoms with E-state index >= 15 is 0 Å². The zero-order chi connectivity index (χ0) is 10.7. The van der Waals surface area contributed by atoms with Crippen molar-refractivity contribution in [2.45, 2.75) is 39.5 Å². The second kappa shape index (κ2) is 4.84. The first-order chi connectivity index (χ1) is 7.28. The van der Waals surface area contributed by atoms with Crippen LogP contribution in [0.4, 0.5) is 0 Å². The van der Waals surface area contributed by atoms with Crippen LogP contribution in [0.3, 0.4) is 0 Å². The monoisotopic (exact) mass is 210 g/mol. The molecule has 2 saturated heterocycles. The van der Waals surface area contributed by atoms with Gasteiger partial charge < -0.3 is 10.2 Å². The van der Waals surface area contributed by atoms with Crippen molar-refractivity contribution in [3.05, 3.63) is 0 Å². The molecule has 2 aliphatic heterocycles. The molecule has 15 heavy (non-hydrogen) atoms. The Labute approximate surface area is 94.4 Å². The maximum Gasteiger partial charge on any atom is 0.00512 e. The lowest BCUT2D eigenvalue weighted by Gasteiger charge is -2.25. The van der Waals surface area contributed by atoms with E-state index in [0.29, 0.717) is 5.41 Å². The molecule has 2 fully saturated rings. The van der Waals surface area contributed by atoms with Crippen LogP contribution < -0.4 is 5.32 Å². The summed E-state index contributed by atoms with van der Waals surface area (Å²) < 4.78 is 0. The molecule has 0 aromatic carbocycles. The Balaban J connectivity index is 1.81.